The lowest BCUT2D eigenvalue weighted by Gasteiger charge is -2.37. The number of hydrogen-bond acceptors (Lipinski definition) is 4. The number of rotatable bonds is 6. The molecule has 1 heterocycles. The van der Waals surface area contributed by atoms with Crippen molar-refractivity contribution in [3.8, 4) is 0 Å². The number of nitrogens with zero attached hydrogens (tertiary/aromatic N) is 2. The van der Waals surface area contributed by atoms with E-state index in [1.807, 2.05) is 16.8 Å². The molecule has 0 saturated carbocycles. The van der Waals surface area contributed by atoms with Gasteiger partial charge >= 0.3 is 0 Å². The van der Waals surface area contributed by atoms with Crippen molar-refractivity contribution in [1.29, 1.82) is 0 Å². The van der Waals surface area contributed by atoms with Gasteiger partial charge in [-0.15, -0.1) is 0 Å². The fraction of sp³-hybridized carbons (Fsp3) is 0.562. The Hall–Kier alpha value is -1.50. The van der Waals surface area contributed by atoms with Gasteiger partial charge in [0.25, 0.3) is 0 Å². The fourth-order valence-electron chi connectivity index (χ4n) is 2.63. The van der Waals surface area contributed by atoms with E-state index in [-0.39, 0.29) is 30.8 Å². The number of amides is 1. The van der Waals surface area contributed by atoms with Gasteiger partial charge in [0.2, 0.25) is 5.91 Å². The van der Waals surface area contributed by atoms with E-state index in [4.69, 9.17) is 9.84 Å². The molecule has 0 spiro atoms. The lowest BCUT2D eigenvalue weighted by molar-refractivity contribution is -0.139. The molecule has 1 aromatic rings. The van der Waals surface area contributed by atoms with Gasteiger partial charge in [-0.1, -0.05) is 12.1 Å². The number of benzene rings is 1. The minimum atomic E-state index is -0.300. The summed E-state index contributed by atoms with van der Waals surface area (Å²) in [5, 5.41) is 8.97. The summed E-state index contributed by atoms with van der Waals surface area (Å²) in [6.07, 6.45) is 0.264. The Bertz CT molecular complexity index is 481. The molecule has 0 bridgehead atoms. The minimum Gasteiger partial charge on any atom is -0.395 e. The first-order valence-corrected chi connectivity index (χ1v) is 7.51. The smallest absolute Gasteiger partial charge is 0.227 e. The highest BCUT2D eigenvalue weighted by molar-refractivity contribution is 5.79. The Balaban J connectivity index is 1.96. The maximum absolute atomic E-state index is 12.9. The van der Waals surface area contributed by atoms with Gasteiger partial charge < -0.3 is 19.6 Å². The van der Waals surface area contributed by atoms with Crippen molar-refractivity contribution in [3.05, 3.63) is 35.6 Å². The summed E-state index contributed by atoms with van der Waals surface area (Å²) in [7, 11) is 1.91. The van der Waals surface area contributed by atoms with Gasteiger partial charge in [-0.05, 0) is 24.7 Å². The van der Waals surface area contributed by atoms with E-state index in [1.165, 1.54) is 12.1 Å². The second-order valence-corrected chi connectivity index (χ2v) is 5.60. The molecule has 1 amide bonds. The molecule has 0 unspecified atom stereocenters. The predicted octanol–water partition coefficient (Wildman–Crippen LogP) is 0.520. The summed E-state index contributed by atoms with van der Waals surface area (Å²) in [5.74, 6) is -0.275. The predicted molar refractivity (Wildman–Crippen MR) is 81.0 cm³/mol. The first-order valence-electron chi connectivity index (χ1n) is 7.51. The highest BCUT2D eigenvalue weighted by Gasteiger charge is 2.28. The van der Waals surface area contributed by atoms with E-state index >= 15 is 0 Å². The Morgan fingerprint density at radius 3 is 2.86 bits per heavy atom. The van der Waals surface area contributed by atoms with E-state index in [1.54, 1.807) is 12.1 Å². The average Bonchev–Trinajstić information content (AvgIpc) is 2.50. The molecular weight excluding hydrogens is 287 g/mol. The van der Waals surface area contributed by atoms with Crippen LogP contribution >= 0.6 is 0 Å². The van der Waals surface area contributed by atoms with Gasteiger partial charge in [0.15, 0.2) is 0 Å². The quantitative estimate of drug-likeness (QED) is 0.832. The lowest BCUT2D eigenvalue weighted by Crippen LogP contribution is -2.53. The van der Waals surface area contributed by atoms with Crippen LogP contribution in [0.3, 0.4) is 0 Å². The number of aliphatic hydroxyl groups excluding tert-OH is 1. The summed E-state index contributed by atoms with van der Waals surface area (Å²) in [5.41, 5.74) is 0.806. The van der Waals surface area contributed by atoms with Crippen molar-refractivity contribution in [2.24, 2.45) is 0 Å². The van der Waals surface area contributed by atoms with Crippen LogP contribution in [0.4, 0.5) is 4.39 Å². The highest BCUT2D eigenvalue weighted by atomic mass is 19.1. The van der Waals surface area contributed by atoms with Crippen molar-refractivity contribution in [1.82, 2.24) is 9.80 Å². The minimum absolute atomic E-state index is 0.0155. The van der Waals surface area contributed by atoms with E-state index < -0.39 is 0 Å². The number of carbonyl (C=O) groups is 1. The van der Waals surface area contributed by atoms with Crippen LogP contribution in [0.2, 0.25) is 0 Å². The molecule has 2 rings (SSSR count). The van der Waals surface area contributed by atoms with E-state index in [9.17, 15) is 9.18 Å². The summed E-state index contributed by atoms with van der Waals surface area (Å²) in [6.45, 7) is 2.93. The second kappa shape index (κ2) is 8.22. The zero-order chi connectivity index (χ0) is 15.9. The number of hydrogen-bond donors (Lipinski definition) is 1. The number of likely N-dealkylation sites (N-methyl/N-ethyl adjacent to an activating group) is 1. The monoisotopic (exact) mass is 310 g/mol. The molecule has 1 aromatic carbocycles. The normalized spacial score (nSPS) is 18.7. The maximum atomic E-state index is 12.9. The molecule has 1 N–H and O–H groups in total. The third-order valence-electron chi connectivity index (χ3n) is 3.82. The zero-order valence-electron chi connectivity index (χ0n) is 12.9. The summed E-state index contributed by atoms with van der Waals surface area (Å²) < 4.78 is 18.4. The van der Waals surface area contributed by atoms with Crippen LogP contribution in [0, 0.1) is 5.82 Å². The molecule has 0 radical (unpaired) electrons. The molecule has 1 fully saturated rings. The summed E-state index contributed by atoms with van der Waals surface area (Å²) >= 11 is 0. The van der Waals surface area contributed by atoms with Crippen molar-refractivity contribution in [3.63, 3.8) is 0 Å². The van der Waals surface area contributed by atoms with E-state index in [0.29, 0.717) is 32.8 Å². The largest absolute Gasteiger partial charge is 0.395 e. The molecule has 5 nitrogen and oxygen atoms in total. The van der Waals surface area contributed by atoms with Crippen molar-refractivity contribution >= 4 is 5.91 Å². The zero-order valence-corrected chi connectivity index (χ0v) is 12.9. The lowest BCUT2D eigenvalue weighted by atomic mass is 10.1. The van der Waals surface area contributed by atoms with Gasteiger partial charge in [-0.3, -0.25) is 4.79 Å². The molecule has 1 aliphatic rings. The maximum Gasteiger partial charge on any atom is 0.227 e. The second-order valence-electron chi connectivity index (χ2n) is 5.60. The van der Waals surface area contributed by atoms with Crippen LogP contribution in [-0.2, 0) is 16.0 Å². The molecule has 0 aliphatic carbocycles. The standard InChI is InChI=1S/C16H23FN2O3/c1-18(6-8-20)11-15-12-22-9-7-19(15)16(21)10-13-2-4-14(17)5-3-13/h2-5,15,20H,6-12H2,1H3/t15-/m1/s1. The van der Waals surface area contributed by atoms with Gasteiger partial charge in [-0.25, -0.2) is 4.39 Å². The fourth-order valence-corrected chi connectivity index (χ4v) is 2.63. The first-order chi connectivity index (χ1) is 10.6. The van der Waals surface area contributed by atoms with Crippen LogP contribution in [0.15, 0.2) is 24.3 Å². The molecule has 0 aromatic heterocycles. The Morgan fingerprint density at radius 2 is 2.18 bits per heavy atom. The van der Waals surface area contributed by atoms with Gasteiger partial charge in [0.1, 0.15) is 5.82 Å². The average molecular weight is 310 g/mol. The van der Waals surface area contributed by atoms with Crippen LogP contribution in [0.25, 0.3) is 0 Å². The molecule has 1 saturated heterocycles. The van der Waals surface area contributed by atoms with Gasteiger partial charge in [0, 0.05) is 19.6 Å². The molecule has 22 heavy (non-hydrogen) atoms. The van der Waals surface area contributed by atoms with Crippen LogP contribution < -0.4 is 0 Å². The SMILES string of the molecule is CN(CCO)C[C@@H]1COCCN1C(=O)Cc1ccc(F)cc1. The van der Waals surface area contributed by atoms with Crippen LogP contribution in [-0.4, -0.2) is 73.4 Å². The van der Waals surface area contributed by atoms with Crippen molar-refractivity contribution in [2.45, 2.75) is 12.5 Å². The highest BCUT2D eigenvalue weighted by Crippen LogP contribution is 2.12. The molecule has 6 heteroatoms. The third-order valence-corrected chi connectivity index (χ3v) is 3.82. The third kappa shape index (κ3) is 4.76. The number of carbonyl (C=O) groups excluding carboxylic acids is 1. The molecular formula is C16H23FN2O3. The summed E-state index contributed by atoms with van der Waals surface area (Å²) in [4.78, 5) is 16.3. The first kappa shape index (κ1) is 16.9. The van der Waals surface area contributed by atoms with Crippen molar-refractivity contribution < 1.29 is 19.0 Å². The van der Waals surface area contributed by atoms with Gasteiger partial charge in [0.05, 0.1) is 32.3 Å². The number of ether oxygens (including phenoxy) is 1. The van der Waals surface area contributed by atoms with E-state index in [2.05, 4.69) is 0 Å². The molecule has 122 valence electrons. The molecule has 1 aliphatic heterocycles. The molecule has 1 atom stereocenters. The number of halogens is 1. The van der Waals surface area contributed by atoms with Crippen LogP contribution in [0.1, 0.15) is 5.56 Å². The van der Waals surface area contributed by atoms with Crippen molar-refractivity contribution in [2.75, 3.05) is 46.5 Å². The number of morpholine rings is 1. The topological polar surface area (TPSA) is 53.0 Å². The summed E-state index contributed by atoms with van der Waals surface area (Å²) in [6, 6.07) is 6.00. The Labute approximate surface area is 130 Å². The number of aliphatic hydroxyl groups is 1. The Morgan fingerprint density at radius 1 is 1.45 bits per heavy atom. The van der Waals surface area contributed by atoms with Crippen LogP contribution in [0.5, 0.6) is 0 Å². The Kier molecular flexibility index (Phi) is 6.30. The van der Waals surface area contributed by atoms with Gasteiger partial charge in [-0.2, -0.15) is 0 Å². The van der Waals surface area contributed by atoms with E-state index in [0.717, 1.165) is 5.56 Å².